The molecule has 1 fully saturated rings. The number of nitrogens with zero attached hydrogens (tertiary/aromatic N) is 1. The zero-order valence-electron chi connectivity index (χ0n) is 19.3. The average molecular weight is 456 g/mol. The van der Waals surface area contributed by atoms with E-state index in [4.69, 9.17) is 5.11 Å². The number of nitrogens with one attached hydrogen (secondary N) is 2. The predicted molar refractivity (Wildman–Crippen MR) is 128 cm³/mol. The topological polar surface area (TPSA) is 122 Å². The summed E-state index contributed by atoms with van der Waals surface area (Å²) in [6.45, 7) is 6.37. The van der Waals surface area contributed by atoms with Gasteiger partial charge >= 0.3 is 0 Å². The Hall–Kier alpha value is -3.20. The maximum absolute atomic E-state index is 11.9. The summed E-state index contributed by atoms with van der Waals surface area (Å²) in [4.78, 5) is 24.9. The van der Waals surface area contributed by atoms with Crippen LogP contribution >= 0.6 is 0 Å². The van der Waals surface area contributed by atoms with Crippen molar-refractivity contribution in [2.24, 2.45) is 0 Å². The Morgan fingerprint density at radius 2 is 1.79 bits per heavy atom. The SMILES string of the molecule is CC.CN1CCC(O)C1.O=Cc1cccc(NC2=C(NCc3ccccc3)C(O)C2=O)c1O. The fourth-order valence-corrected chi connectivity index (χ4v) is 3.37. The summed E-state index contributed by atoms with van der Waals surface area (Å²) in [7, 11) is 2.02. The molecule has 0 bridgehead atoms. The molecule has 0 saturated carbocycles. The molecule has 1 heterocycles. The van der Waals surface area contributed by atoms with Gasteiger partial charge in [-0.1, -0.05) is 50.2 Å². The number of hydrogen-bond donors (Lipinski definition) is 5. The van der Waals surface area contributed by atoms with Crippen molar-refractivity contribution in [1.82, 2.24) is 10.2 Å². The molecule has 8 nitrogen and oxygen atoms in total. The molecule has 2 aromatic carbocycles. The van der Waals surface area contributed by atoms with E-state index in [2.05, 4.69) is 15.5 Å². The number of aldehydes is 1. The molecule has 8 heteroatoms. The van der Waals surface area contributed by atoms with E-state index in [1.807, 2.05) is 51.2 Å². The normalized spacial score (nSPS) is 19.5. The standard InChI is InChI=1S/C18H16N2O4.C5H11NO.C2H6/c21-10-12-7-4-8-13(16(12)22)20-15-14(17(23)18(15)24)19-9-11-5-2-1-3-6-11;1-6-3-2-5(7)4-6;1-2/h1-8,10,17,19-20,22-23H,9H2;5,7H,2-4H2,1H3;1-2H3. The summed E-state index contributed by atoms with van der Waals surface area (Å²) >= 11 is 0. The average Bonchev–Trinajstić information content (AvgIpc) is 3.23. The molecule has 1 aliphatic carbocycles. The van der Waals surface area contributed by atoms with E-state index in [1.54, 1.807) is 12.1 Å². The number of phenols is 1. The van der Waals surface area contributed by atoms with Crippen molar-refractivity contribution in [1.29, 1.82) is 0 Å². The number of para-hydroxylation sites is 1. The van der Waals surface area contributed by atoms with E-state index >= 15 is 0 Å². The van der Waals surface area contributed by atoms with Crippen molar-refractivity contribution < 1.29 is 24.9 Å². The number of carbonyl (C=O) groups excluding carboxylic acids is 2. The third-order valence-electron chi connectivity index (χ3n) is 5.18. The van der Waals surface area contributed by atoms with Crippen LogP contribution in [0, 0.1) is 0 Å². The van der Waals surface area contributed by atoms with Gasteiger partial charge in [-0.2, -0.15) is 0 Å². The molecule has 0 amide bonds. The van der Waals surface area contributed by atoms with Gasteiger partial charge in [-0.05, 0) is 31.2 Å². The van der Waals surface area contributed by atoms with Crippen LogP contribution < -0.4 is 10.6 Å². The second-order valence-electron chi connectivity index (χ2n) is 7.59. The van der Waals surface area contributed by atoms with Crippen LogP contribution in [0.4, 0.5) is 5.69 Å². The van der Waals surface area contributed by atoms with Crippen molar-refractivity contribution in [2.45, 2.75) is 39.0 Å². The summed E-state index contributed by atoms with van der Waals surface area (Å²) in [5, 5.41) is 34.5. The summed E-state index contributed by atoms with van der Waals surface area (Å²) in [6.07, 6.45) is 0.217. The molecule has 2 aliphatic rings. The molecule has 2 aromatic rings. The zero-order chi connectivity index (χ0) is 24.4. The molecule has 1 aliphatic heterocycles. The third kappa shape index (κ3) is 6.89. The van der Waals surface area contributed by atoms with Crippen LogP contribution in [0.25, 0.3) is 0 Å². The minimum Gasteiger partial charge on any atom is -0.505 e. The molecule has 0 spiro atoms. The summed E-state index contributed by atoms with van der Waals surface area (Å²) in [6, 6.07) is 14.1. The molecular weight excluding hydrogens is 422 g/mol. The monoisotopic (exact) mass is 455 g/mol. The van der Waals surface area contributed by atoms with Crippen molar-refractivity contribution >= 4 is 17.8 Å². The molecule has 4 rings (SSSR count). The van der Waals surface area contributed by atoms with E-state index in [0.29, 0.717) is 18.5 Å². The Labute approximate surface area is 194 Å². The van der Waals surface area contributed by atoms with Gasteiger partial charge in [0.05, 0.1) is 23.1 Å². The van der Waals surface area contributed by atoms with E-state index in [9.17, 15) is 19.8 Å². The first-order valence-electron chi connectivity index (χ1n) is 11.1. The Kier molecular flexibility index (Phi) is 10.1. The van der Waals surface area contributed by atoms with Gasteiger partial charge < -0.3 is 30.9 Å². The minimum atomic E-state index is -1.22. The number of aliphatic hydroxyl groups is 2. The van der Waals surface area contributed by atoms with Crippen LogP contribution in [0.15, 0.2) is 59.9 Å². The first kappa shape index (κ1) is 26.1. The maximum Gasteiger partial charge on any atom is 0.215 e. The zero-order valence-corrected chi connectivity index (χ0v) is 19.3. The van der Waals surface area contributed by atoms with Crippen molar-refractivity contribution in [3.05, 3.63) is 71.1 Å². The van der Waals surface area contributed by atoms with Crippen molar-refractivity contribution in [2.75, 3.05) is 25.5 Å². The van der Waals surface area contributed by atoms with Crippen molar-refractivity contribution in [3.8, 4) is 5.75 Å². The highest BCUT2D eigenvalue weighted by Gasteiger charge is 2.38. The number of Topliss-reactive ketones (excluding diaryl/α,β-unsaturated/α-hetero) is 1. The number of aromatic hydroxyl groups is 1. The number of hydrogen-bond acceptors (Lipinski definition) is 8. The Morgan fingerprint density at radius 3 is 2.33 bits per heavy atom. The molecule has 178 valence electrons. The summed E-state index contributed by atoms with van der Waals surface area (Å²) < 4.78 is 0. The van der Waals surface area contributed by atoms with Gasteiger partial charge in [-0.3, -0.25) is 9.59 Å². The number of likely N-dealkylation sites (N-methyl/N-ethyl adjacent to an activating group) is 1. The Bertz CT molecular complexity index is 954. The van der Waals surface area contributed by atoms with Gasteiger partial charge in [0.25, 0.3) is 0 Å². The van der Waals surface area contributed by atoms with E-state index in [0.717, 1.165) is 25.1 Å². The molecule has 1 saturated heterocycles. The molecule has 0 aromatic heterocycles. The van der Waals surface area contributed by atoms with Crippen LogP contribution in [-0.2, 0) is 11.3 Å². The highest BCUT2D eigenvalue weighted by Crippen LogP contribution is 2.31. The number of β-amino-alcohol motifs (C(OH)–C–C–N with tert-alkyl or cyclic N) is 1. The van der Waals surface area contributed by atoms with Crippen LogP contribution in [0.3, 0.4) is 0 Å². The highest BCUT2D eigenvalue weighted by molar-refractivity contribution is 6.10. The number of aliphatic hydroxyl groups excluding tert-OH is 2. The van der Waals surface area contributed by atoms with Crippen molar-refractivity contribution in [3.63, 3.8) is 0 Å². The first-order chi connectivity index (χ1) is 15.9. The van der Waals surface area contributed by atoms with Crippen LogP contribution in [-0.4, -0.2) is 64.6 Å². The van der Waals surface area contributed by atoms with Gasteiger partial charge in [-0.25, -0.2) is 0 Å². The fraction of sp³-hybridized carbons (Fsp3) is 0.360. The molecule has 33 heavy (non-hydrogen) atoms. The quantitative estimate of drug-likeness (QED) is 0.332. The Balaban J connectivity index is 0.000000362. The number of likely N-dealkylation sites (tertiary alicyclic amines) is 1. The summed E-state index contributed by atoms with van der Waals surface area (Å²) in [5.41, 5.74) is 1.89. The Morgan fingerprint density at radius 1 is 1.09 bits per heavy atom. The number of carbonyl (C=O) groups is 2. The highest BCUT2D eigenvalue weighted by atomic mass is 16.3. The molecular formula is C25H33N3O5. The predicted octanol–water partition coefficient (Wildman–Crippen LogP) is 2.27. The lowest BCUT2D eigenvalue weighted by atomic mass is 9.94. The van der Waals surface area contributed by atoms with Gasteiger partial charge in [0.15, 0.2) is 12.4 Å². The molecule has 0 radical (unpaired) electrons. The fourth-order valence-electron chi connectivity index (χ4n) is 3.37. The summed E-state index contributed by atoms with van der Waals surface area (Å²) in [5.74, 6) is -0.710. The van der Waals surface area contributed by atoms with Gasteiger partial charge in [0, 0.05) is 19.6 Å². The van der Waals surface area contributed by atoms with Gasteiger partial charge in [-0.15, -0.1) is 0 Å². The number of rotatable bonds is 6. The van der Waals surface area contributed by atoms with E-state index in [-0.39, 0.29) is 28.8 Å². The molecule has 2 atom stereocenters. The molecule has 5 N–H and O–H groups in total. The second-order valence-corrected chi connectivity index (χ2v) is 7.59. The van der Waals surface area contributed by atoms with E-state index in [1.165, 1.54) is 6.07 Å². The van der Waals surface area contributed by atoms with Gasteiger partial charge in [0.2, 0.25) is 5.78 Å². The second kappa shape index (κ2) is 12.7. The lowest BCUT2D eigenvalue weighted by Gasteiger charge is -2.30. The smallest absolute Gasteiger partial charge is 0.215 e. The number of benzene rings is 2. The van der Waals surface area contributed by atoms with Crippen LogP contribution in [0.5, 0.6) is 5.75 Å². The lowest BCUT2D eigenvalue weighted by molar-refractivity contribution is -0.124. The minimum absolute atomic E-state index is 0.0509. The number of phenolic OH excluding ortho intramolecular Hbond substituents is 1. The first-order valence-corrected chi connectivity index (χ1v) is 11.1. The van der Waals surface area contributed by atoms with Gasteiger partial charge in [0.1, 0.15) is 11.4 Å². The van der Waals surface area contributed by atoms with Crippen LogP contribution in [0.2, 0.25) is 0 Å². The number of anilines is 1. The largest absolute Gasteiger partial charge is 0.505 e. The van der Waals surface area contributed by atoms with E-state index < -0.39 is 11.9 Å². The molecule has 2 unspecified atom stereocenters. The lowest BCUT2D eigenvalue weighted by Crippen LogP contribution is -2.45. The number of ketones is 1. The van der Waals surface area contributed by atoms with Crippen LogP contribution in [0.1, 0.15) is 36.2 Å². The maximum atomic E-state index is 11.9. The third-order valence-corrected chi connectivity index (χ3v) is 5.18.